The van der Waals surface area contributed by atoms with E-state index in [2.05, 4.69) is 10.4 Å². The van der Waals surface area contributed by atoms with E-state index in [4.69, 9.17) is 10.5 Å². The molecule has 22 heavy (non-hydrogen) atoms. The number of halogens is 1. The molecule has 1 amide bonds. The van der Waals surface area contributed by atoms with Crippen LogP contribution < -0.4 is 11.1 Å². The zero-order valence-electron chi connectivity index (χ0n) is 13.6. The molecule has 1 heterocycles. The number of nitrogens with two attached hydrogens (primary N) is 1. The van der Waals surface area contributed by atoms with Gasteiger partial charge in [0.05, 0.1) is 30.2 Å². The van der Waals surface area contributed by atoms with E-state index in [0.717, 1.165) is 36.3 Å². The summed E-state index contributed by atoms with van der Waals surface area (Å²) in [5, 5.41) is 7.53. The molecule has 0 spiro atoms. The summed E-state index contributed by atoms with van der Waals surface area (Å²) in [6, 6.07) is 0. The molecule has 126 valence electrons. The van der Waals surface area contributed by atoms with Gasteiger partial charge in [0, 0.05) is 13.0 Å². The van der Waals surface area contributed by atoms with Gasteiger partial charge in [-0.15, -0.1) is 12.4 Å². The fourth-order valence-electron chi connectivity index (χ4n) is 3.15. The van der Waals surface area contributed by atoms with Crippen molar-refractivity contribution in [2.45, 2.75) is 39.7 Å². The fourth-order valence-corrected chi connectivity index (χ4v) is 3.15. The highest BCUT2D eigenvalue weighted by molar-refractivity contribution is 5.94. The molecule has 0 radical (unpaired) electrons. The topological polar surface area (TPSA) is 82.2 Å². The molecule has 0 bridgehead atoms. The summed E-state index contributed by atoms with van der Waals surface area (Å²) in [6.45, 7) is 5.77. The summed E-state index contributed by atoms with van der Waals surface area (Å²) in [4.78, 5) is 12.5. The summed E-state index contributed by atoms with van der Waals surface area (Å²) in [7, 11) is 1.67. The lowest BCUT2D eigenvalue weighted by Crippen LogP contribution is -2.30. The normalized spacial score (nSPS) is 20.7. The number of methoxy groups -OCH3 is 1. The first kappa shape index (κ1) is 18.9. The molecule has 0 unspecified atom stereocenters. The van der Waals surface area contributed by atoms with Gasteiger partial charge in [-0.05, 0) is 39.2 Å². The molecule has 3 N–H and O–H groups in total. The summed E-state index contributed by atoms with van der Waals surface area (Å²) >= 11 is 0. The van der Waals surface area contributed by atoms with E-state index in [-0.39, 0.29) is 24.2 Å². The van der Waals surface area contributed by atoms with E-state index in [1.54, 1.807) is 7.11 Å². The van der Waals surface area contributed by atoms with Crippen molar-refractivity contribution in [2.24, 2.45) is 17.6 Å². The Morgan fingerprint density at radius 1 is 1.45 bits per heavy atom. The molecule has 2 rings (SSSR count). The van der Waals surface area contributed by atoms with Gasteiger partial charge in [0.25, 0.3) is 0 Å². The van der Waals surface area contributed by atoms with Crippen LogP contribution >= 0.6 is 12.4 Å². The Bertz CT molecular complexity index is 504. The van der Waals surface area contributed by atoms with Crippen molar-refractivity contribution in [2.75, 3.05) is 25.6 Å². The molecular formula is C15H27ClN4O2. The lowest BCUT2D eigenvalue weighted by Gasteiger charge is -2.17. The summed E-state index contributed by atoms with van der Waals surface area (Å²) < 4.78 is 6.96. The van der Waals surface area contributed by atoms with Crippen LogP contribution in [-0.2, 0) is 16.1 Å². The molecule has 1 aromatic heterocycles. The minimum atomic E-state index is 0. The quantitative estimate of drug-likeness (QED) is 0.834. The van der Waals surface area contributed by atoms with Crippen LogP contribution in [0.2, 0.25) is 0 Å². The Morgan fingerprint density at radius 2 is 2.18 bits per heavy atom. The Balaban J connectivity index is 0.00000242. The highest BCUT2D eigenvalue weighted by atomic mass is 35.5. The molecule has 1 aliphatic carbocycles. The van der Waals surface area contributed by atoms with Crippen LogP contribution in [0.25, 0.3) is 0 Å². The number of amides is 1. The number of carbonyl (C=O) groups excluding carboxylic acids is 1. The van der Waals surface area contributed by atoms with Crippen molar-refractivity contribution in [1.29, 1.82) is 0 Å². The number of anilines is 1. The average molecular weight is 331 g/mol. The van der Waals surface area contributed by atoms with Crippen molar-refractivity contribution in [3.05, 3.63) is 11.4 Å². The lowest BCUT2D eigenvalue weighted by atomic mass is 9.95. The number of carbonyl (C=O) groups is 1. The summed E-state index contributed by atoms with van der Waals surface area (Å²) in [5.74, 6) is 0.436. The maximum atomic E-state index is 12.5. The third-order valence-electron chi connectivity index (χ3n) is 4.44. The molecule has 7 heteroatoms. The fraction of sp³-hybridized carbons (Fsp3) is 0.733. The molecule has 6 nitrogen and oxygen atoms in total. The molecule has 2 atom stereocenters. The predicted octanol–water partition coefficient (Wildman–Crippen LogP) is 1.88. The van der Waals surface area contributed by atoms with Gasteiger partial charge in [0.15, 0.2) is 0 Å². The molecule has 0 saturated heterocycles. The third kappa shape index (κ3) is 4.00. The predicted molar refractivity (Wildman–Crippen MR) is 89.3 cm³/mol. The van der Waals surface area contributed by atoms with Crippen LogP contribution in [0.4, 0.5) is 5.69 Å². The van der Waals surface area contributed by atoms with Crippen LogP contribution in [0.3, 0.4) is 0 Å². The zero-order chi connectivity index (χ0) is 15.4. The highest BCUT2D eigenvalue weighted by Crippen LogP contribution is 2.32. The van der Waals surface area contributed by atoms with E-state index in [9.17, 15) is 4.79 Å². The van der Waals surface area contributed by atoms with Crippen molar-refractivity contribution in [1.82, 2.24) is 9.78 Å². The largest absolute Gasteiger partial charge is 0.383 e. The molecule has 1 fully saturated rings. The van der Waals surface area contributed by atoms with Gasteiger partial charge in [-0.3, -0.25) is 9.48 Å². The molecule has 0 aliphatic heterocycles. The number of ether oxygens (including phenoxy) is 1. The Hall–Kier alpha value is -1.11. The average Bonchev–Trinajstić information content (AvgIpc) is 3.04. The van der Waals surface area contributed by atoms with E-state index < -0.39 is 0 Å². The van der Waals surface area contributed by atoms with Gasteiger partial charge in [-0.25, -0.2) is 0 Å². The van der Waals surface area contributed by atoms with E-state index in [0.29, 0.717) is 25.6 Å². The van der Waals surface area contributed by atoms with Crippen LogP contribution in [0.15, 0.2) is 0 Å². The van der Waals surface area contributed by atoms with Crippen LogP contribution in [0, 0.1) is 25.7 Å². The molecular weight excluding hydrogens is 304 g/mol. The minimum absolute atomic E-state index is 0. The van der Waals surface area contributed by atoms with Gasteiger partial charge in [-0.2, -0.15) is 5.10 Å². The van der Waals surface area contributed by atoms with E-state index in [1.807, 2.05) is 18.5 Å². The number of nitrogens with one attached hydrogen (secondary N) is 1. The van der Waals surface area contributed by atoms with Crippen LogP contribution in [0.5, 0.6) is 0 Å². The Kier molecular flexibility index (Phi) is 7.32. The summed E-state index contributed by atoms with van der Waals surface area (Å²) in [5.41, 5.74) is 8.41. The second-order valence-electron chi connectivity index (χ2n) is 5.78. The number of nitrogens with zero attached hydrogens (tertiary/aromatic N) is 2. The van der Waals surface area contributed by atoms with Crippen molar-refractivity contribution < 1.29 is 9.53 Å². The van der Waals surface area contributed by atoms with Gasteiger partial charge in [0.2, 0.25) is 5.91 Å². The van der Waals surface area contributed by atoms with Crippen molar-refractivity contribution in [3.63, 3.8) is 0 Å². The first-order chi connectivity index (χ1) is 10.1. The van der Waals surface area contributed by atoms with Crippen LogP contribution in [0.1, 0.15) is 30.7 Å². The Labute approximate surface area is 138 Å². The van der Waals surface area contributed by atoms with Crippen LogP contribution in [-0.4, -0.2) is 35.9 Å². The van der Waals surface area contributed by atoms with Crippen molar-refractivity contribution >= 4 is 24.0 Å². The van der Waals surface area contributed by atoms with Gasteiger partial charge in [0.1, 0.15) is 0 Å². The highest BCUT2D eigenvalue weighted by Gasteiger charge is 2.32. The van der Waals surface area contributed by atoms with Gasteiger partial charge in [-0.1, -0.05) is 6.42 Å². The number of hydrogen-bond acceptors (Lipinski definition) is 4. The minimum Gasteiger partial charge on any atom is -0.383 e. The number of hydrogen-bond donors (Lipinski definition) is 2. The Morgan fingerprint density at radius 3 is 2.82 bits per heavy atom. The first-order valence-electron chi connectivity index (χ1n) is 7.62. The smallest absolute Gasteiger partial charge is 0.227 e. The third-order valence-corrected chi connectivity index (χ3v) is 4.44. The van der Waals surface area contributed by atoms with E-state index in [1.165, 1.54) is 0 Å². The lowest BCUT2D eigenvalue weighted by molar-refractivity contribution is -0.120. The number of rotatable bonds is 6. The SMILES string of the molecule is COCCn1nc(C)c(NC(=O)[C@@H]2CCC[C@@H]2CN)c1C.Cl. The second-order valence-corrected chi connectivity index (χ2v) is 5.78. The van der Waals surface area contributed by atoms with E-state index >= 15 is 0 Å². The van der Waals surface area contributed by atoms with Crippen molar-refractivity contribution in [3.8, 4) is 0 Å². The zero-order valence-corrected chi connectivity index (χ0v) is 14.4. The maximum absolute atomic E-state index is 12.5. The second kappa shape index (κ2) is 8.50. The van der Waals surface area contributed by atoms with Gasteiger partial charge < -0.3 is 15.8 Å². The molecule has 1 saturated carbocycles. The van der Waals surface area contributed by atoms with Gasteiger partial charge >= 0.3 is 0 Å². The summed E-state index contributed by atoms with van der Waals surface area (Å²) in [6.07, 6.45) is 3.08. The number of aryl methyl sites for hydroxylation is 1. The monoisotopic (exact) mass is 330 g/mol. The molecule has 1 aromatic rings. The first-order valence-corrected chi connectivity index (χ1v) is 7.62. The maximum Gasteiger partial charge on any atom is 0.227 e. The molecule has 0 aromatic carbocycles. The number of aromatic nitrogens is 2. The molecule has 1 aliphatic rings. The standard InChI is InChI=1S/C15H26N4O2.ClH/c1-10-14(11(2)19(18-10)7-8-21-3)17-15(20)13-6-4-5-12(13)9-16;/h12-13H,4-9,16H2,1-3H3,(H,17,20);1H/t12-,13-;/m1./s1.